The lowest BCUT2D eigenvalue weighted by atomic mass is 10.5. The molecule has 1 amide bonds. The van der Waals surface area contributed by atoms with Crippen LogP contribution in [-0.2, 0) is 9.59 Å². The molecule has 8 heteroatoms. The molecule has 0 aromatic rings. The van der Waals surface area contributed by atoms with Crippen molar-refractivity contribution in [3.05, 3.63) is 12.2 Å². The fourth-order valence-corrected chi connectivity index (χ4v) is 0.557. The van der Waals surface area contributed by atoms with Crippen molar-refractivity contribution in [3.63, 3.8) is 0 Å². The number of carboxylic acids is 1. The van der Waals surface area contributed by atoms with Crippen LogP contribution in [0.1, 0.15) is 0 Å². The summed E-state index contributed by atoms with van der Waals surface area (Å²) in [5.74, 6) is -2.39. The van der Waals surface area contributed by atoms with Crippen molar-refractivity contribution < 1.29 is 14.7 Å². The highest BCUT2D eigenvalue weighted by Crippen LogP contribution is 1.81. The molecule has 5 N–H and O–H groups in total. The SMILES string of the molecule is CN(C)C(=N)N=C(N)NC(=O)/C=C/C(=O)O. The van der Waals surface area contributed by atoms with Crippen LogP contribution < -0.4 is 11.1 Å². The van der Waals surface area contributed by atoms with E-state index in [0.29, 0.717) is 6.08 Å². The average Bonchev–Trinajstić information content (AvgIpc) is 2.14. The maximum atomic E-state index is 11.0. The van der Waals surface area contributed by atoms with E-state index in [4.69, 9.17) is 16.2 Å². The van der Waals surface area contributed by atoms with Gasteiger partial charge in [-0.2, -0.15) is 4.99 Å². The molecular weight excluding hydrogens is 214 g/mol. The third-order valence-electron chi connectivity index (χ3n) is 1.28. The predicted molar refractivity (Wildman–Crippen MR) is 58.0 cm³/mol. The number of carbonyl (C=O) groups is 2. The van der Waals surface area contributed by atoms with Crippen LogP contribution in [0.5, 0.6) is 0 Å². The van der Waals surface area contributed by atoms with Crippen molar-refractivity contribution in [1.82, 2.24) is 10.2 Å². The summed E-state index contributed by atoms with van der Waals surface area (Å²) < 4.78 is 0. The normalized spacial score (nSPS) is 11.2. The predicted octanol–water partition coefficient (Wildman–Crippen LogP) is -1.45. The van der Waals surface area contributed by atoms with Crippen LogP contribution in [0.15, 0.2) is 17.1 Å². The van der Waals surface area contributed by atoms with Crippen molar-refractivity contribution in [3.8, 4) is 0 Å². The van der Waals surface area contributed by atoms with Crippen LogP contribution in [0.4, 0.5) is 0 Å². The van der Waals surface area contributed by atoms with Gasteiger partial charge in [0.2, 0.25) is 11.9 Å². The third-order valence-corrected chi connectivity index (χ3v) is 1.28. The van der Waals surface area contributed by atoms with E-state index in [1.807, 2.05) is 0 Å². The van der Waals surface area contributed by atoms with E-state index in [9.17, 15) is 9.59 Å². The zero-order valence-corrected chi connectivity index (χ0v) is 8.89. The Hall–Kier alpha value is -2.38. The van der Waals surface area contributed by atoms with Crippen LogP contribution >= 0.6 is 0 Å². The first-order valence-electron chi connectivity index (χ1n) is 4.15. The quantitative estimate of drug-likeness (QED) is 0.260. The van der Waals surface area contributed by atoms with Crippen LogP contribution in [0.3, 0.4) is 0 Å². The molecule has 0 saturated heterocycles. The maximum Gasteiger partial charge on any atom is 0.328 e. The minimum absolute atomic E-state index is 0.139. The van der Waals surface area contributed by atoms with Crippen LogP contribution in [0.2, 0.25) is 0 Å². The van der Waals surface area contributed by atoms with Gasteiger partial charge < -0.3 is 15.7 Å². The van der Waals surface area contributed by atoms with Crippen LogP contribution in [0, 0.1) is 5.41 Å². The van der Waals surface area contributed by atoms with E-state index in [2.05, 4.69) is 10.3 Å². The number of rotatable bonds is 2. The molecule has 0 bridgehead atoms. The van der Waals surface area contributed by atoms with Gasteiger partial charge in [-0.25, -0.2) is 4.79 Å². The molecule has 0 radical (unpaired) electrons. The molecule has 0 fully saturated rings. The first kappa shape index (κ1) is 13.6. The van der Waals surface area contributed by atoms with Crippen LogP contribution in [0.25, 0.3) is 0 Å². The molecule has 0 atom stereocenters. The number of amides is 1. The zero-order chi connectivity index (χ0) is 12.7. The van der Waals surface area contributed by atoms with Gasteiger partial charge in [-0.3, -0.25) is 15.5 Å². The molecule has 0 rings (SSSR count). The van der Waals surface area contributed by atoms with Gasteiger partial charge in [-0.05, 0) is 0 Å². The van der Waals surface area contributed by atoms with E-state index < -0.39 is 11.9 Å². The molecule has 0 unspecified atom stereocenters. The Kier molecular flexibility index (Phi) is 5.25. The molecule has 0 saturated carbocycles. The van der Waals surface area contributed by atoms with Gasteiger partial charge in [-0.1, -0.05) is 0 Å². The molecule has 8 nitrogen and oxygen atoms in total. The molecular formula is C8H13N5O3. The number of nitrogens with zero attached hydrogens (tertiary/aromatic N) is 2. The molecule has 88 valence electrons. The van der Waals surface area contributed by atoms with Gasteiger partial charge in [0.05, 0.1) is 0 Å². The lowest BCUT2D eigenvalue weighted by molar-refractivity contribution is -0.131. The highest BCUT2D eigenvalue weighted by Gasteiger charge is 2.02. The minimum Gasteiger partial charge on any atom is -0.478 e. The summed E-state index contributed by atoms with van der Waals surface area (Å²) in [5.41, 5.74) is 5.29. The van der Waals surface area contributed by atoms with E-state index in [1.54, 1.807) is 14.1 Å². The van der Waals surface area contributed by atoms with Gasteiger partial charge in [0.1, 0.15) is 0 Å². The number of aliphatic imine (C=N–C) groups is 1. The first-order valence-corrected chi connectivity index (χ1v) is 4.15. The van der Waals surface area contributed by atoms with Gasteiger partial charge in [0.25, 0.3) is 5.91 Å². The van der Waals surface area contributed by atoms with Crippen molar-refractivity contribution in [1.29, 1.82) is 5.41 Å². The second-order valence-corrected chi connectivity index (χ2v) is 2.88. The summed E-state index contributed by atoms with van der Waals surface area (Å²) in [7, 11) is 3.18. The number of hydrogen-bond donors (Lipinski definition) is 4. The molecule has 16 heavy (non-hydrogen) atoms. The topological polar surface area (TPSA) is 132 Å². The second-order valence-electron chi connectivity index (χ2n) is 2.88. The molecule has 0 heterocycles. The number of guanidine groups is 2. The molecule has 0 aromatic carbocycles. The summed E-state index contributed by atoms with van der Waals surface area (Å²) in [6.45, 7) is 0. The monoisotopic (exact) mass is 227 g/mol. The molecule has 0 aliphatic heterocycles. The summed E-state index contributed by atoms with van der Waals surface area (Å²) in [4.78, 5) is 26.0. The van der Waals surface area contributed by atoms with E-state index in [0.717, 1.165) is 6.08 Å². The number of carbonyl (C=O) groups excluding carboxylic acids is 1. The fraction of sp³-hybridized carbons (Fsp3) is 0.250. The highest BCUT2D eigenvalue weighted by molar-refractivity contribution is 6.06. The number of nitrogens with one attached hydrogen (secondary N) is 2. The largest absolute Gasteiger partial charge is 0.478 e. The van der Waals surface area contributed by atoms with Gasteiger partial charge >= 0.3 is 5.97 Å². The van der Waals surface area contributed by atoms with Gasteiger partial charge in [0, 0.05) is 26.2 Å². The van der Waals surface area contributed by atoms with Gasteiger partial charge in [0.15, 0.2) is 0 Å². The zero-order valence-electron chi connectivity index (χ0n) is 8.89. The maximum absolute atomic E-state index is 11.0. The second kappa shape index (κ2) is 6.17. The lowest BCUT2D eigenvalue weighted by Crippen LogP contribution is -2.37. The Morgan fingerprint density at radius 2 is 2.00 bits per heavy atom. The molecule has 0 spiro atoms. The van der Waals surface area contributed by atoms with Crippen molar-refractivity contribution in [2.45, 2.75) is 0 Å². The smallest absolute Gasteiger partial charge is 0.328 e. The van der Waals surface area contributed by atoms with E-state index >= 15 is 0 Å². The van der Waals surface area contributed by atoms with Crippen molar-refractivity contribution in [2.75, 3.05) is 14.1 Å². The van der Waals surface area contributed by atoms with Crippen molar-refractivity contribution in [2.24, 2.45) is 10.7 Å². The van der Waals surface area contributed by atoms with E-state index in [1.165, 1.54) is 4.90 Å². The Bertz CT molecular complexity index is 359. The number of nitrogens with two attached hydrogens (primary N) is 1. The highest BCUT2D eigenvalue weighted by atomic mass is 16.4. The standard InChI is InChI=1S/C8H13N5O3/c1-13(2)8(10)12-7(9)11-5(14)3-4-6(15)16/h3-4H,1-2H3,(H,15,16)(H4,9,10,11,12,14)/b4-3+. The summed E-state index contributed by atoms with van der Waals surface area (Å²) in [5, 5.41) is 17.6. The minimum atomic E-state index is -1.24. The first-order chi connectivity index (χ1) is 7.32. The number of aliphatic carboxylic acids is 1. The van der Waals surface area contributed by atoms with Crippen LogP contribution in [-0.4, -0.2) is 47.9 Å². The number of carboxylic acid groups (broad SMARTS) is 1. The Morgan fingerprint density at radius 3 is 2.44 bits per heavy atom. The van der Waals surface area contributed by atoms with Gasteiger partial charge in [-0.15, -0.1) is 0 Å². The number of hydrogen-bond acceptors (Lipinski definition) is 3. The molecule has 0 aliphatic rings. The Morgan fingerprint density at radius 1 is 1.44 bits per heavy atom. The molecule has 0 aliphatic carbocycles. The van der Waals surface area contributed by atoms with E-state index in [-0.39, 0.29) is 11.9 Å². The summed E-state index contributed by atoms with van der Waals surface area (Å²) in [6.07, 6.45) is 1.46. The average molecular weight is 227 g/mol. The van der Waals surface area contributed by atoms with Crippen molar-refractivity contribution >= 4 is 23.8 Å². The Balaban J connectivity index is 4.35. The summed E-state index contributed by atoms with van der Waals surface area (Å²) >= 11 is 0. The lowest BCUT2D eigenvalue weighted by Gasteiger charge is -2.09. The molecule has 0 aromatic heterocycles. The third kappa shape index (κ3) is 6.13. The summed E-state index contributed by atoms with van der Waals surface area (Å²) in [6, 6.07) is 0. The fourth-order valence-electron chi connectivity index (χ4n) is 0.557. The Labute approximate surface area is 92.0 Å².